The summed E-state index contributed by atoms with van der Waals surface area (Å²) in [6.45, 7) is 4.33. The van der Waals surface area contributed by atoms with Crippen molar-refractivity contribution in [2.45, 2.75) is 44.3 Å². The van der Waals surface area contributed by atoms with Crippen molar-refractivity contribution in [3.63, 3.8) is 0 Å². The van der Waals surface area contributed by atoms with E-state index in [-0.39, 0.29) is 5.82 Å². The fourth-order valence-electron chi connectivity index (χ4n) is 3.71. The molecular formula is C19H29FN2O2. The third-order valence-electron chi connectivity index (χ3n) is 5.11. The van der Waals surface area contributed by atoms with Gasteiger partial charge in [0.1, 0.15) is 5.82 Å². The van der Waals surface area contributed by atoms with Gasteiger partial charge in [0.2, 0.25) is 0 Å². The van der Waals surface area contributed by atoms with Crippen LogP contribution < -0.4 is 4.90 Å². The monoisotopic (exact) mass is 336 g/mol. The van der Waals surface area contributed by atoms with Crippen LogP contribution in [0.4, 0.5) is 10.1 Å². The second kappa shape index (κ2) is 8.79. The van der Waals surface area contributed by atoms with E-state index < -0.39 is 6.10 Å². The highest BCUT2D eigenvalue weighted by Crippen LogP contribution is 2.21. The van der Waals surface area contributed by atoms with Gasteiger partial charge in [-0.15, -0.1) is 0 Å². The molecule has 1 aliphatic heterocycles. The van der Waals surface area contributed by atoms with Gasteiger partial charge in [0.25, 0.3) is 0 Å². The first-order valence-electron chi connectivity index (χ1n) is 9.24. The average molecular weight is 336 g/mol. The Balaban J connectivity index is 1.38. The quantitative estimate of drug-likeness (QED) is 0.866. The molecule has 1 N–H and O–H groups in total. The molecule has 2 fully saturated rings. The van der Waals surface area contributed by atoms with Crippen molar-refractivity contribution < 1.29 is 14.2 Å². The maximum atomic E-state index is 13.8. The number of para-hydroxylation sites is 1. The van der Waals surface area contributed by atoms with E-state index in [4.69, 9.17) is 4.74 Å². The molecule has 24 heavy (non-hydrogen) atoms. The van der Waals surface area contributed by atoms with Crippen LogP contribution in [-0.2, 0) is 4.74 Å². The van der Waals surface area contributed by atoms with E-state index in [0.717, 1.165) is 39.0 Å². The fraction of sp³-hybridized carbons (Fsp3) is 0.684. The standard InChI is InChI=1S/C19H29FN2O2/c20-18-8-4-5-9-19(18)22-12-10-21(11-13-22)14-16(23)15-24-17-6-2-1-3-7-17/h4-5,8-9,16-17,23H,1-3,6-7,10-15H2/t16-/m1/s1. The number of nitrogens with zero attached hydrogens (tertiary/aromatic N) is 2. The lowest BCUT2D eigenvalue weighted by molar-refractivity contribution is -0.0336. The van der Waals surface area contributed by atoms with E-state index >= 15 is 0 Å². The summed E-state index contributed by atoms with van der Waals surface area (Å²) in [5.41, 5.74) is 0.679. The SMILES string of the molecule is O[C@@H](COC1CCCCC1)CN1CCN(c2ccccc2F)CC1. The maximum Gasteiger partial charge on any atom is 0.146 e. The molecule has 1 saturated heterocycles. The lowest BCUT2D eigenvalue weighted by Gasteiger charge is -2.37. The summed E-state index contributed by atoms with van der Waals surface area (Å²) in [5, 5.41) is 10.2. The van der Waals surface area contributed by atoms with Crippen LogP contribution in [0.25, 0.3) is 0 Å². The van der Waals surface area contributed by atoms with E-state index in [2.05, 4.69) is 9.80 Å². The van der Waals surface area contributed by atoms with Crippen LogP contribution >= 0.6 is 0 Å². The number of β-amino-alcohol motifs (C(OH)–C–C–N with tert-alkyl or cyclic N) is 1. The minimum Gasteiger partial charge on any atom is -0.389 e. The van der Waals surface area contributed by atoms with Gasteiger partial charge in [-0.3, -0.25) is 4.90 Å². The van der Waals surface area contributed by atoms with Crippen molar-refractivity contribution in [1.82, 2.24) is 4.90 Å². The molecule has 1 atom stereocenters. The Morgan fingerprint density at radius 1 is 1.08 bits per heavy atom. The normalized spacial score (nSPS) is 21.8. The van der Waals surface area contributed by atoms with Crippen LogP contribution in [0.1, 0.15) is 32.1 Å². The summed E-state index contributed by atoms with van der Waals surface area (Å²) < 4.78 is 19.7. The molecule has 134 valence electrons. The predicted molar refractivity (Wildman–Crippen MR) is 93.9 cm³/mol. The van der Waals surface area contributed by atoms with Gasteiger partial charge in [-0.2, -0.15) is 0 Å². The Labute approximate surface area is 144 Å². The van der Waals surface area contributed by atoms with E-state index in [1.807, 2.05) is 12.1 Å². The lowest BCUT2D eigenvalue weighted by atomic mass is 9.98. The van der Waals surface area contributed by atoms with Crippen LogP contribution in [0.15, 0.2) is 24.3 Å². The van der Waals surface area contributed by atoms with Crippen molar-refractivity contribution in [1.29, 1.82) is 0 Å². The number of hydrogen-bond donors (Lipinski definition) is 1. The van der Waals surface area contributed by atoms with Crippen molar-refractivity contribution in [2.24, 2.45) is 0 Å². The van der Waals surface area contributed by atoms with Crippen LogP contribution in [-0.4, -0.2) is 61.5 Å². The molecule has 2 aliphatic rings. The van der Waals surface area contributed by atoms with Gasteiger partial charge in [0.05, 0.1) is 24.5 Å². The van der Waals surface area contributed by atoms with Gasteiger partial charge >= 0.3 is 0 Å². The summed E-state index contributed by atoms with van der Waals surface area (Å²) >= 11 is 0. The molecule has 1 aromatic carbocycles. The molecule has 0 aromatic heterocycles. The first-order valence-corrected chi connectivity index (χ1v) is 9.24. The molecular weight excluding hydrogens is 307 g/mol. The fourth-order valence-corrected chi connectivity index (χ4v) is 3.71. The van der Waals surface area contributed by atoms with Crippen molar-refractivity contribution in [2.75, 3.05) is 44.2 Å². The summed E-state index contributed by atoms with van der Waals surface area (Å²) in [5.74, 6) is -0.160. The number of ether oxygens (including phenoxy) is 1. The number of rotatable bonds is 6. The van der Waals surface area contributed by atoms with E-state index in [1.165, 1.54) is 25.3 Å². The highest BCUT2D eigenvalue weighted by molar-refractivity contribution is 5.47. The number of aliphatic hydroxyl groups is 1. The van der Waals surface area contributed by atoms with Gasteiger partial charge in [0.15, 0.2) is 0 Å². The highest BCUT2D eigenvalue weighted by atomic mass is 19.1. The number of anilines is 1. The summed E-state index contributed by atoms with van der Waals surface area (Å²) in [7, 11) is 0. The van der Waals surface area contributed by atoms with Crippen molar-refractivity contribution >= 4 is 5.69 Å². The molecule has 0 spiro atoms. The second-order valence-corrected chi connectivity index (χ2v) is 6.99. The molecule has 0 amide bonds. The zero-order valence-electron chi connectivity index (χ0n) is 14.4. The zero-order valence-corrected chi connectivity index (χ0v) is 14.4. The first-order chi connectivity index (χ1) is 11.7. The minimum absolute atomic E-state index is 0.160. The maximum absolute atomic E-state index is 13.8. The number of benzene rings is 1. The van der Waals surface area contributed by atoms with E-state index in [1.54, 1.807) is 6.07 Å². The Morgan fingerprint density at radius 3 is 2.50 bits per heavy atom. The van der Waals surface area contributed by atoms with Crippen LogP contribution in [0, 0.1) is 5.82 Å². The molecule has 1 heterocycles. The Hall–Kier alpha value is -1.17. The van der Waals surface area contributed by atoms with Crippen LogP contribution in [0.3, 0.4) is 0 Å². The largest absolute Gasteiger partial charge is 0.389 e. The van der Waals surface area contributed by atoms with Crippen molar-refractivity contribution in [3.05, 3.63) is 30.1 Å². The minimum atomic E-state index is -0.438. The topological polar surface area (TPSA) is 35.9 Å². The molecule has 0 radical (unpaired) electrons. The molecule has 5 heteroatoms. The Bertz CT molecular complexity index is 500. The van der Waals surface area contributed by atoms with Gasteiger partial charge in [0, 0.05) is 32.7 Å². The smallest absolute Gasteiger partial charge is 0.146 e. The third-order valence-corrected chi connectivity index (χ3v) is 5.11. The summed E-state index contributed by atoms with van der Waals surface area (Å²) in [6, 6.07) is 6.93. The number of aliphatic hydroxyl groups excluding tert-OH is 1. The number of hydrogen-bond acceptors (Lipinski definition) is 4. The highest BCUT2D eigenvalue weighted by Gasteiger charge is 2.22. The van der Waals surface area contributed by atoms with E-state index in [9.17, 15) is 9.50 Å². The lowest BCUT2D eigenvalue weighted by Crippen LogP contribution is -2.49. The first kappa shape index (κ1) is 17.6. The summed E-state index contributed by atoms with van der Waals surface area (Å²) in [4.78, 5) is 4.32. The molecule has 1 saturated carbocycles. The molecule has 3 rings (SSSR count). The summed E-state index contributed by atoms with van der Waals surface area (Å²) in [6.07, 6.45) is 5.98. The van der Waals surface area contributed by atoms with Gasteiger partial charge in [-0.25, -0.2) is 4.39 Å². The zero-order chi connectivity index (χ0) is 16.8. The molecule has 4 nitrogen and oxygen atoms in total. The van der Waals surface area contributed by atoms with Crippen LogP contribution in [0.2, 0.25) is 0 Å². The molecule has 1 aliphatic carbocycles. The third kappa shape index (κ3) is 4.91. The molecule has 1 aromatic rings. The van der Waals surface area contributed by atoms with Gasteiger partial charge in [-0.1, -0.05) is 31.4 Å². The van der Waals surface area contributed by atoms with E-state index in [0.29, 0.717) is 24.9 Å². The number of halogens is 1. The van der Waals surface area contributed by atoms with Crippen molar-refractivity contribution in [3.8, 4) is 0 Å². The van der Waals surface area contributed by atoms with Crippen LogP contribution in [0.5, 0.6) is 0 Å². The Kier molecular flexibility index (Phi) is 6.46. The molecule has 0 bridgehead atoms. The van der Waals surface area contributed by atoms with Gasteiger partial charge < -0.3 is 14.7 Å². The average Bonchev–Trinajstić information content (AvgIpc) is 2.62. The second-order valence-electron chi connectivity index (χ2n) is 6.99. The predicted octanol–water partition coefficient (Wildman–Crippen LogP) is 2.66. The number of piperazine rings is 1. The molecule has 0 unspecified atom stereocenters. The van der Waals surface area contributed by atoms with Gasteiger partial charge in [-0.05, 0) is 25.0 Å². The Morgan fingerprint density at radius 2 is 1.79 bits per heavy atom.